The minimum absolute atomic E-state index is 0.107. The highest BCUT2D eigenvalue weighted by atomic mass is 127. The van der Waals surface area contributed by atoms with Crippen LogP contribution in [0.3, 0.4) is 0 Å². The van der Waals surface area contributed by atoms with E-state index in [0.717, 1.165) is 16.3 Å². The van der Waals surface area contributed by atoms with Crippen molar-refractivity contribution in [2.45, 2.75) is 0 Å². The molecule has 0 aliphatic rings. The SMILES string of the molecule is O=C(/C=C/c1ccc(Cl)c2ccccc12)c1cc(I)c(O)c(I)c1. The number of allylic oxidation sites excluding steroid dienone is 1. The van der Waals surface area contributed by atoms with Crippen LogP contribution in [0, 0.1) is 7.14 Å². The molecule has 2 nitrogen and oxygen atoms in total. The zero-order valence-electron chi connectivity index (χ0n) is 12.3. The van der Waals surface area contributed by atoms with E-state index in [-0.39, 0.29) is 11.5 Å². The number of benzene rings is 3. The summed E-state index contributed by atoms with van der Waals surface area (Å²) >= 11 is 10.3. The molecule has 0 unspecified atom stereocenters. The summed E-state index contributed by atoms with van der Waals surface area (Å²) in [5.74, 6) is 0.102. The van der Waals surface area contributed by atoms with Crippen molar-refractivity contribution in [2.75, 3.05) is 0 Å². The lowest BCUT2D eigenvalue weighted by Crippen LogP contribution is -1.96. The van der Waals surface area contributed by atoms with E-state index >= 15 is 0 Å². The quantitative estimate of drug-likeness (QED) is 0.232. The lowest BCUT2D eigenvalue weighted by molar-refractivity contribution is 0.104. The number of carbonyl (C=O) groups is 1. The van der Waals surface area contributed by atoms with Gasteiger partial charge in [0.25, 0.3) is 0 Å². The molecule has 3 rings (SSSR count). The third-order valence-corrected chi connectivity index (χ3v) is 5.59. The average Bonchev–Trinajstić information content (AvgIpc) is 2.58. The molecular weight excluding hydrogens is 549 g/mol. The summed E-state index contributed by atoms with van der Waals surface area (Å²) in [6.45, 7) is 0. The Morgan fingerprint density at radius 3 is 2.29 bits per heavy atom. The molecule has 3 aromatic carbocycles. The topological polar surface area (TPSA) is 37.3 Å². The summed E-state index contributed by atoms with van der Waals surface area (Å²) in [6.07, 6.45) is 3.35. The van der Waals surface area contributed by atoms with Gasteiger partial charge in [0.05, 0.1) is 7.14 Å². The lowest BCUT2D eigenvalue weighted by Gasteiger charge is -2.05. The van der Waals surface area contributed by atoms with Crippen LogP contribution in [0.5, 0.6) is 5.75 Å². The summed E-state index contributed by atoms with van der Waals surface area (Å²) in [4.78, 5) is 12.4. The second-order valence-electron chi connectivity index (χ2n) is 5.17. The first-order valence-corrected chi connectivity index (χ1v) is 9.58. The number of aromatic hydroxyl groups is 1. The highest BCUT2D eigenvalue weighted by Crippen LogP contribution is 2.29. The highest BCUT2D eigenvalue weighted by molar-refractivity contribution is 14.1. The van der Waals surface area contributed by atoms with Crippen molar-refractivity contribution in [3.8, 4) is 5.75 Å². The minimum Gasteiger partial charge on any atom is -0.506 e. The number of phenols is 1. The van der Waals surface area contributed by atoms with Gasteiger partial charge in [0.1, 0.15) is 5.75 Å². The van der Waals surface area contributed by atoms with E-state index in [2.05, 4.69) is 0 Å². The molecule has 0 aromatic heterocycles. The number of phenolic OH excluding ortho intramolecular Hbond substituents is 1. The van der Waals surface area contributed by atoms with Crippen LogP contribution in [-0.4, -0.2) is 10.9 Å². The van der Waals surface area contributed by atoms with Crippen molar-refractivity contribution in [1.29, 1.82) is 0 Å². The van der Waals surface area contributed by atoms with E-state index in [4.69, 9.17) is 11.6 Å². The molecule has 0 bridgehead atoms. The van der Waals surface area contributed by atoms with Gasteiger partial charge in [0.15, 0.2) is 5.78 Å². The van der Waals surface area contributed by atoms with Gasteiger partial charge in [-0.05, 0) is 80.4 Å². The Bertz CT molecular complexity index is 957. The molecule has 0 aliphatic heterocycles. The monoisotopic (exact) mass is 560 g/mol. The van der Waals surface area contributed by atoms with E-state index in [1.165, 1.54) is 0 Å². The maximum atomic E-state index is 12.4. The molecule has 0 saturated carbocycles. The minimum atomic E-state index is -0.107. The van der Waals surface area contributed by atoms with Gasteiger partial charge in [-0.25, -0.2) is 0 Å². The summed E-state index contributed by atoms with van der Waals surface area (Å²) in [7, 11) is 0. The fourth-order valence-electron chi connectivity index (χ4n) is 2.40. The maximum absolute atomic E-state index is 12.4. The van der Waals surface area contributed by atoms with E-state index in [0.29, 0.717) is 17.7 Å². The first kappa shape index (κ1) is 17.7. The molecule has 0 radical (unpaired) electrons. The zero-order chi connectivity index (χ0) is 17.3. The summed E-state index contributed by atoms with van der Waals surface area (Å²) in [5.41, 5.74) is 1.49. The normalized spacial score (nSPS) is 11.3. The summed E-state index contributed by atoms with van der Waals surface area (Å²) < 4.78 is 1.32. The highest BCUT2D eigenvalue weighted by Gasteiger charge is 2.10. The van der Waals surface area contributed by atoms with Crippen molar-refractivity contribution < 1.29 is 9.90 Å². The van der Waals surface area contributed by atoms with Crippen molar-refractivity contribution in [2.24, 2.45) is 0 Å². The molecule has 120 valence electrons. The van der Waals surface area contributed by atoms with E-state index < -0.39 is 0 Å². The van der Waals surface area contributed by atoms with Gasteiger partial charge in [-0.1, -0.05) is 48.0 Å². The predicted molar refractivity (Wildman–Crippen MR) is 116 cm³/mol. The standard InChI is InChI=1S/C19H11ClI2O2/c20-15-7-5-11(13-3-1-2-4-14(13)15)6-8-18(23)12-9-16(21)19(24)17(22)10-12/h1-10,24H/b8-6+. The molecule has 1 N–H and O–H groups in total. The molecule has 0 amide bonds. The van der Waals surface area contributed by atoms with Crippen molar-refractivity contribution in [3.05, 3.63) is 77.9 Å². The van der Waals surface area contributed by atoms with Crippen LogP contribution in [-0.2, 0) is 0 Å². The van der Waals surface area contributed by atoms with E-state index in [1.54, 1.807) is 24.3 Å². The average molecular weight is 561 g/mol. The number of rotatable bonds is 3. The summed E-state index contributed by atoms with van der Waals surface area (Å²) in [6, 6.07) is 14.9. The lowest BCUT2D eigenvalue weighted by atomic mass is 10.0. The zero-order valence-corrected chi connectivity index (χ0v) is 17.3. The Morgan fingerprint density at radius 1 is 1.00 bits per heavy atom. The van der Waals surface area contributed by atoms with E-state index in [9.17, 15) is 9.90 Å². The Balaban J connectivity index is 1.97. The predicted octanol–water partition coefficient (Wildman–Crippen LogP) is 6.30. The van der Waals surface area contributed by atoms with Gasteiger partial charge in [-0.2, -0.15) is 0 Å². The molecule has 3 aromatic rings. The molecular formula is C19H11ClI2O2. The van der Waals surface area contributed by atoms with Crippen LogP contribution < -0.4 is 0 Å². The molecule has 24 heavy (non-hydrogen) atoms. The maximum Gasteiger partial charge on any atom is 0.185 e. The van der Waals surface area contributed by atoms with Crippen LogP contribution in [0.2, 0.25) is 5.02 Å². The second-order valence-corrected chi connectivity index (χ2v) is 7.90. The fourth-order valence-corrected chi connectivity index (χ4v) is 4.40. The number of halogens is 3. The van der Waals surface area contributed by atoms with Crippen LogP contribution in [0.25, 0.3) is 16.8 Å². The molecule has 0 atom stereocenters. The molecule has 0 heterocycles. The van der Waals surface area contributed by atoms with Crippen molar-refractivity contribution in [1.82, 2.24) is 0 Å². The smallest absolute Gasteiger partial charge is 0.185 e. The van der Waals surface area contributed by atoms with E-state index in [1.807, 2.05) is 81.6 Å². The number of hydrogen-bond donors (Lipinski definition) is 1. The van der Waals surface area contributed by atoms with Crippen LogP contribution >= 0.6 is 56.8 Å². The van der Waals surface area contributed by atoms with Crippen LogP contribution in [0.1, 0.15) is 15.9 Å². The van der Waals surface area contributed by atoms with Crippen LogP contribution in [0.15, 0.2) is 54.6 Å². The van der Waals surface area contributed by atoms with Gasteiger partial charge < -0.3 is 5.11 Å². The van der Waals surface area contributed by atoms with Gasteiger partial charge in [0.2, 0.25) is 0 Å². The molecule has 0 saturated heterocycles. The van der Waals surface area contributed by atoms with Crippen molar-refractivity contribution in [3.63, 3.8) is 0 Å². The fraction of sp³-hybridized carbons (Fsp3) is 0. The Kier molecular flexibility index (Phi) is 5.46. The van der Waals surface area contributed by atoms with Gasteiger partial charge in [-0.15, -0.1) is 0 Å². The Labute approximate surface area is 171 Å². The first-order chi connectivity index (χ1) is 11.5. The molecule has 5 heteroatoms. The number of hydrogen-bond acceptors (Lipinski definition) is 2. The second kappa shape index (κ2) is 7.41. The third-order valence-electron chi connectivity index (χ3n) is 3.62. The van der Waals surface area contributed by atoms with Gasteiger partial charge >= 0.3 is 0 Å². The summed E-state index contributed by atoms with van der Waals surface area (Å²) in [5, 5.41) is 12.5. The van der Waals surface area contributed by atoms with Gasteiger partial charge in [-0.3, -0.25) is 4.79 Å². The number of carbonyl (C=O) groups excluding carboxylic acids is 1. The molecule has 0 spiro atoms. The third kappa shape index (κ3) is 3.60. The largest absolute Gasteiger partial charge is 0.506 e. The first-order valence-electron chi connectivity index (χ1n) is 7.05. The Morgan fingerprint density at radius 2 is 1.62 bits per heavy atom. The Hall–Kier alpha value is -1.12. The van der Waals surface area contributed by atoms with Gasteiger partial charge in [0, 0.05) is 16.0 Å². The van der Waals surface area contributed by atoms with Crippen LogP contribution in [0.4, 0.5) is 0 Å². The molecule has 0 fully saturated rings. The number of fused-ring (bicyclic) bond motifs is 1. The molecule has 0 aliphatic carbocycles. The number of ketones is 1. The van der Waals surface area contributed by atoms with Crippen molar-refractivity contribution >= 4 is 79.4 Å².